The van der Waals surface area contributed by atoms with E-state index >= 15 is 0 Å². The Morgan fingerprint density at radius 1 is 0.944 bits per heavy atom. The van der Waals surface area contributed by atoms with Gasteiger partial charge >= 0.3 is 5.63 Å². The summed E-state index contributed by atoms with van der Waals surface area (Å²) < 4.78 is 27.3. The highest BCUT2D eigenvalue weighted by atomic mass is 16.7. The molecule has 1 saturated heterocycles. The molecule has 3 aromatic rings. The summed E-state index contributed by atoms with van der Waals surface area (Å²) in [4.78, 5) is 12.2. The molecule has 2 aromatic carbocycles. The molecule has 4 rings (SSSR count). The number of rotatable bonds is 7. The van der Waals surface area contributed by atoms with Gasteiger partial charge in [0.15, 0.2) is 0 Å². The highest BCUT2D eigenvalue weighted by Crippen LogP contribution is 2.34. The maximum atomic E-state index is 12.2. The predicted octanol–water partition coefficient (Wildman–Crippen LogP) is 1.47. The molecule has 192 valence electrons. The lowest BCUT2D eigenvalue weighted by atomic mass is 9.99. The van der Waals surface area contributed by atoms with Crippen molar-refractivity contribution in [2.45, 2.75) is 37.6 Å². The number of aliphatic hydroxyl groups is 4. The van der Waals surface area contributed by atoms with Crippen LogP contribution in [0.2, 0.25) is 0 Å². The van der Waals surface area contributed by atoms with E-state index < -0.39 is 42.9 Å². The van der Waals surface area contributed by atoms with Gasteiger partial charge in [-0.3, -0.25) is 0 Å². The number of ether oxygens (including phenoxy) is 4. The van der Waals surface area contributed by atoms with Crippen molar-refractivity contribution in [2.24, 2.45) is 0 Å². The Hall–Kier alpha value is -3.41. The third-order valence-corrected chi connectivity index (χ3v) is 6.06. The molecule has 4 N–H and O–H groups in total. The molecule has 1 aromatic heterocycles. The highest BCUT2D eigenvalue weighted by molar-refractivity contribution is 5.95. The minimum absolute atomic E-state index is 0.338. The third-order valence-electron chi connectivity index (χ3n) is 6.06. The zero-order valence-electron chi connectivity index (χ0n) is 20.0. The van der Waals surface area contributed by atoms with Crippen molar-refractivity contribution in [2.75, 3.05) is 20.8 Å². The van der Waals surface area contributed by atoms with E-state index in [0.29, 0.717) is 33.8 Å². The highest BCUT2D eigenvalue weighted by Gasteiger charge is 2.44. The Bertz CT molecular complexity index is 1290. The summed E-state index contributed by atoms with van der Waals surface area (Å²) in [5, 5.41) is 39.9. The van der Waals surface area contributed by atoms with Crippen LogP contribution in [0.4, 0.5) is 0 Å². The van der Waals surface area contributed by atoms with Crippen LogP contribution in [0.3, 0.4) is 0 Å². The van der Waals surface area contributed by atoms with Crippen molar-refractivity contribution in [3.63, 3.8) is 0 Å². The zero-order chi connectivity index (χ0) is 26.0. The van der Waals surface area contributed by atoms with Gasteiger partial charge in [-0.15, -0.1) is 0 Å². The molecule has 36 heavy (non-hydrogen) atoms. The first-order valence-corrected chi connectivity index (χ1v) is 11.2. The van der Waals surface area contributed by atoms with Gasteiger partial charge in [0.2, 0.25) is 6.29 Å². The molecule has 10 heteroatoms. The molecule has 10 nitrogen and oxygen atoms in total. The van der Waals surface area contributed by atoms with Gasteiger partial charge in [-0.1, -0.05) is 24.3 Å². The molecule has 1 aliphatic heterocycles. The van der Waals surface area contributed by atoms with E-state index in [-0.39, 0.29) is 0 Å². The summed E-state index contributed by atoms with van der Waals surface area (Å²) >= 11 is 0. The molecule has 0 aliphatic carbocycles. The second-order valence-corrected chi connectivity index (χ2v) is 8.36. The van der Waals surface area contributed by atoms with Gasteiger partial charge in [0.05, 0.1) is 31.8 Å². The summed E-state index contributed by atoms with van der Waals surface area (Å²) in [6.07, 6.45) is -3.13. The molecule has 1 fully saturated rings. The van der Waals surface area contributed by atoms with Crippen LogP contribution in [0.15, 0.2) is 45.6 Å². The molecule has 5 unspecified atom stereocenters. The molecule has 0 amide bonds. The summed E-state index contributed by atoms with van der Waals surface area (Å²) in [5.41, 5.74) is 1.73. The fraction of sp³-hybridized carbons (Fsp3) is 0.346. The van der Waals surface area contributed by atoms with E-state index in [4.69, 9.17) is 23.4 Å². The van der Waals surface area contributed by atoms with Crippen LogP contribution in [0, 0.1) is 6.92 Å². The molecule has 2 heterocycles. The maximum absolute atomic E-state index is 12.2. The normalized spacial score (nSPS) is 24.2. The minimum atomic E-state index is -1.52. The average Bonchev–Trinajstić information content (AvgIpc) is 2.89. The molecule has 1 aliphatic rings. The average molecular weight is 501 g/mol. The Labute approximate surface area is 206 Å². The lowest BCUT2D eigenvalue weighted by Gasteiger charge is -2.39. The molecule has 0 spiro atoms. The number of methoxy groups -OCH3 is 2. The molecule has 0 radical (unpaired) electrons. The van der Waals surface area contributed by atoms with Gasteiger partial charge in [0.1, 0.15) is 47.2 Å². The third kappa shape index (κ3) is 4.95. The van der Waals surface area contributed by atoms with E-state index in [1.807, 2.05) is 12.2 Å². The van der Waals surface area contributed by atoms with Crippen molar-refractivity contribution >= 4 is 23.1 Å². The summed E-state index contributed by atoms with van der Waals surface area (Å²) in [5.74, 6) is 1.29. The van der Waals surface area contributed by atoms with E-state index in [1.165, 1.54) is 14.2 Å². The lowest BCUT2D eigenvalue weighted by Crippen LogP contribution is -2.60. The standard InChI is InChI=1S/C26H28O10/c1-13-24(33-3)20-15(10-17(32-2)11-18(20)35-25(13)31)7-4-14-5-8-16(9-6-14)34-26-23(30)22(29)21(28)19(12-27)36-26/h4-11,19,21-23,26-30H,12H2,1-3H3. The summed E-state index contributed by atoms with van der Waals surface area (Å²) in [6.45, 7) is 1.09. The van der Waals surface area contributed by atoms with Crippen LogP contribution in [0.1, 0.15) is 16.7 Å². The number of benzene rings is 2. The fourth-order valence-electron chi connectivity index (χ4n) is 4.04. The summed E-state index contributed by atoms with van der Waals surface area (Å²) in [7, 11) is 3.01. The van der Waals surface area contributed by atoms with Crippen LogP contribution in [0.25, 0.3) is 23.1 Å². The Morgan fingerprint density at radius 2 is 1.67 bits per heavy atom. The van der Waals surface area contributed by atoms with Gasteiger partial charge in [0.25, 0.3) is 0 Å². The molecular weight excluding hydrogens is 472 g/mol. The fourth-order valence-corrected chi connectivity index (χ4v) is 4.04. The quantitative estimate of drug-likeness (QED) is 0.278. The molecule has 0 saturated carbocycles. The van der Waals surface area contributed by atoms with Gasteiger partial charge < -0.3 is 43.8 Å². The van der Waals surface area contributed by atoms with Crippen molar-refractivity contribution < 1.29 is 43.8 Å². The first-order chi connectivity index (χ1) is 17.3. The maximum Gasteiger partial charge on any atom is 0.342 e. The van der Waals surface area contributed by atoms with Crippen molar-refractivity contribution in [1.82, 2.24) is 0 Å². The van der Waals surface area contributed by atoms with Crippen LogP contribution in [-0.4, -0.2) is 72.0 Å². The Kier molecular flexibility index (Phi) is 7.62. The Balaban J connectivity index is 1.59. The van der Waals surface area contributed by atoms with Crippen LogP contribution < -0.4 is 19.8 Å². The van der Waals surface area contributed by atoms with Crippen LogP contribution in [0.5, 0.6) is 17.2 Å². The topological polar surface area (TPSA) is 148 Å². The zero-order valence-corrected chi connectivity index (χ0v) is 20.0. The van der Waals surface area contributed by atoms with Crippen molar-refractivity contribution in [1.29, 1.82) is 0 Å². The van der Waals surface area contributed by atoms with Crippen molar-refractivity contribution in [3.8, 4) is 17.2 Å². The van der Waals surface area contributed by atoms with Crippen LogP contribution >= 0.6 is 0 Å². The van der Waals surface area contributed by atoms with Gasteiger partial charge in [-0.2, -0.15) is 0 Å². The number of hydrogen-bond acceptors (Lipinski definition) is 10. The first kappa shape index (κ1) is 25.7. The second-order valence-electron chi connectivity index (χ2n) is 8.36. The first-order valence-electron chi connectivity index (χ1n) is 11.2. The predicted molar refractivity (Wildman–Crippen MR) is 130 cm³/mol. The summed E-state index contributed by atoms with van der Waals surface area (Å²) in [6, 6.07) is 10.3. The van der Waals surface area contributed by atoms with Crippen molar-refractivity contribution in [3.05, 3.63) is 63.5 Å². The molecule has 5 atom stereocenters. The SMILES string of the molecule is COc1cc(C=Cc2ccc(OC3OC(CO)C(O)C(O)C3O)cc2)c2c(OC)c(C)c(=O)oc2c1. The van der Waals surface area contributed by atoms with E-state index in [9.17, 15) is 25.2 Å². The second kappa shape index (κ2) is 10.7. The van der Waals surface area contributed by atoms with E-state index in [1.54, 1.807) is 43.3 Å². The van der Waals surface area contributed by atoms with Crippen LogP contribution in [-0.2, 0) is 4.74 Å². The smallest absolute Gasteiger partial charge is 0.342 e. The number of fused-ring (bicyclic) bond motifs is 1. The Morgan fingerprint density at radius 3 is 2.31 bits per heavy atom. The largest absolute Gasteiger partial charge is 0.497 e. The monoisotopic (exact) mass is 500 g/mol. The van der Waals surface area contributed by atoms with Gasteiger partial charge in [-0.25, -0.2) is 4.79 Å². The van der Waals surface area contributed by atoms with E-state index in [0.717, 1.165) is 11.1 Å². The van der Waals surface area contributed by atoms with Gasteiger partial charge in [-0.05, 0) is 36.2 Å². The molecular formula is C26H28O10. The number of aliphatic hydroxyl groups excluding tert-OH is 4. The number of hydrogen-bond donors (Lipinski definition) is 4. The molecule has 0 bridgehead atoms. The van der Waals surface area contributed by atoms with E-state index in [2.05, 4.69) is 0 Å². The lowest BCUT2D eigenvalue weighted by molar-refractivity contribution is -0.277. The van der Waals surface area contributed by atoms with Gasteiger partial charge in [0, 0.05) is 6.07 Å². The minimum Gasteiger partial charge on any atom is -0.497 e.